The van der Waals surface area contributed by atoms with E-state index in [9.17, 15) is 13.2 Å². The lowest BCUT2D eigenvalue weighted by molar-refractivity contribution is -0.846. The third-order valence-electron chi connectivity index (χ3n) is 2.23. The zero-order valence-electron chi connectivity index (χ0n) is 9.24. The second-order valence-electron chi connectivity index (χ2n) is 3.75. The topological polar surface area (TPSA) is 66.4 Å². The minimum atomic E-state index is -5.66. The van der Waals surface area contributed by atoms with Crippen LogP contribution in [0, 0.1) is 0 Å². The summed E-state index contributed by atoms with van der Waals surface area (Å²) in [4.78, 5) is 0. The Kier molecular flexibility index (Phi) is 5.59. The van der Waals surface area contributed by atoms with Gasteiger partial charge in [-0.1, -0.05) is 0 Å². The standard InChI is InChI=1S/C7H14N.CHF3O4S/c1-3-8(2)6-4-5-7-8;2-1(3,4)8-9(5,6)7/h3H,1,4-7H2,2H3;(H,5,6,7)/q+1;/p-1. The number of rotatable bonds is 2. The molecule has 1 rings (SSSR count). The summed E-state index contributed by atoms with van der Waals surface area (Å²) in [6.07, 6.45) is -0.612. The van der Waals surface area contributed by atoms with Gasteiger partial charge < -0.3 is 9.04 Å². The Morgan fingerprint density at radius 2 is 1.76 bits per heavy atom. The molecule has 0 radical (unpaired) electrons. The van der Waals surface area contributed by atoms with Crippen LogP contribution >= 0.6 is 0 Å². The average Bonchev–Trinajstić information content (AvgIpc) is 2.47. The van der Waals surface area contributed by atoms with Gasteiger partial charge in [0.25, 0.3) is 0 Å². The molecule has 1 saturated heterocycles. The largest absolute Gasteiger partial charge is 0.725 e. The zero-order chi connectivity index (χ0) is 13.7. The first-order chi connectivity index (χ1) is 7.47. The fourth-order valence-corrected chi connectivity index (χ4v) is 1.59. The summed E-state index contributed by atoms with van der Waals surface area (Å²) in [5.41, 5.74) is 0. The first-order valence-electron chi connectivity index (χ1n) is 4.68. The van der Waals surface area contributed by atoms with Crippen molar-refractivity contribution in [3.8, 4) is 0 Å². The van der Waals surface area contributed by atoms with Gasteiger partial charge in [-0.15, -0.1) is 13.2 Å². The molecule has 17 heavy (non-hydrogen) atoms. The molecule has 5 nitrogen and oxygen atoms in total. The van der Waals surface area contributed by atoms with Crippen molar-refractivity contribution in [2.75, 3.05) is 20.1 Å². The number of hydrogen-bond donors (Lipinski definition) is 0. The first kappa shape index (κ1) is 16.4. The lowest BCUT2D eigenvalue weighted by Gasteiger charge is -2.22. The quantitative estimate of drug-likeness (QED) is 0.434. The normalized spacial score (nSPS) is 19.4. The molecule has 0 N–H and O–H groups in total. The molecule has 1 aliphatic heterocycles. The maximum absolute atomic E-state index is 10.8. The van der Waals surface area contributed by atoms with Gasteiger partial charge in [0.2, 0.25) is 10.4 Å². The van der Waals surface area contributed by atoms with Crippen LogP contribution in [0.25, 0.3) is 0 Å². The molecule has 102 valence electrons. The lowest BCUT2D eigenvalue weighted by atomic mass is 10.4. The minimum absolute atomic E-state index is 1.08. The summed E-state index contributed by atoms with van der Waals surface area (Å²) in [5.74, 6) is 0. The van der Waals surface area contributed by atoms with Gasteiger partial charge in [0.15, 0.2) is 0 Å². The molecule has 0 atom stereocenters. The van der Waals surface area contributed by atoms with E-state index < -0.39 is 16.8 Å². The molecule has 1 fully saturated rings. The summed E-state index contributed by atoms with van der Waals surface area (Å²) in [5, 5.41) is 0. The van der Waals surface area contributed by atoms with Crippen LogP contribution in [-0.2, 0) is 14.6 Å². The number of quaternary nitrogens is 1. The molecule has 0 spiro atoms. The second-order valence-corrected chi connectivity index (χ2v) is 4.74. The zero-order valence-corrected chi connectivity index (χ0v) is 10.1. The summed E-state index contributed by atoms with van der Waals surface area (Å²) < 4.78 is 62.8. The Balaban J connectivity index is 0.000000302. The van der Waals surface area contributed by atoms with Gasteiger partial charge in [-0.05, 0) is 6.58 Å². The van der Waals surface area contributed by atoms with Gasteiger partial charge in [0, 0.05) is 12.8 Å². The number of hydrogen-bond acceptors (Lipinski definition) is 4. The molecular weight excluding hydrogens is 263 g/mol. The van der Waals surface area contributed by atoms with Gasteiger partial charge >= 0.3 is 6.36 Å². The van der Waals surface area contributed by atoms with E-state index in [1.165, 1.54) is 25.9 Å². The highest BCUT2D eigenvalue weighted by atomic mass is 32.3. The summed E-state index contributed by atoms with van der Waals surface area (Å²) >= 11 is 0. The van der Waals surface area contributed by atoms with E-state index in [1.54, 1.807) is 0 Å². The van der Waals surface area contributed by atoms with Gasteiger partial charge in [0.1, 0.15) is 0 Å². The van der Waals surface area contributed by atoms with Crippen molar-refractivity contribution in [3.63, 3.8) is 0 Å². The van der Waals surface area contributed by atoms with Crippen molar-refractivity contribution in [3.05, 3.63) is 12.8 Å². The van der Waals surface area contributed by atoms with Crippen molar-refractivity contribution < 1.29 is 34.8 Å². The van der Waals surface area contributed by atoms with Crippen LogP contribution in [0.2, 0.25) is 0 Å². The van der Waals surface area contributed by atoms with Crippen LogP contribution in [-0.4, -0.2) is 44.0 Å². The maximum Gasteiger partial charge on any atom is 0.536 e. The molecule has 0 aromatic carbocycles. The monoisotopic (exact) mass is 277 g/mol. The molecule has 0 aromatic heterocycles. The molecular formula is C8H14F3NO4S. The molecule has 0 aliphatic carbocycles. The Morgan fingerprint density at radius 1 is 1.35 bits per heavy atom. The lowest BCUT2D eigenvalue weighted by Crippen LogP contribution is -2.33. The fourth-order valence-electron chi connectivity index (χ4n) is 1.36. The van der Waals surface area contributed by atoms with Crippen LogP contribution < -0.4 is 0 Å². The molecule has 0 saturated carbocycles. The highest BCUT2D eigenvalue weighted by Crippen LogP contribution is 2.18. The van der Waals surface area contributed by atoms with Gasteiger partial charge in [0.05, 0.1) is 26.3 Å². The third kappa shape index (κ3) is 9.10. The van der Waals surface area contributed by atoms with Gasteiger partial charge in [-0.25, -0.2) is 8.42 Å². The van der Waals surface area contributed by atoms with Crippen LogP contribution in [0.1, 0.15) is 12.8 Å². The van der Waals surface area contributed by atoms with Crippen molar-refractivity contribution in [1.82, 2.24) is 0 Å². The highest BCUT2D eigenvalue weighted by Gasteiger charge is 2.32. The van der Waals surface area contributed by atoms with Crippen LogP contribution in [0.4, 0.5) is 13.2 Å². The predicted molar refractivity (Wildman–Crippen MR) is 52.2 cm³/mol. The van der Waals surface area contributed by atoms with Crippen LogP contribution in [0.15, 0.2) is 12.8 Å². The number of halogens is 3. The summed E-state index contributed by atoms with van der Waals surface area (Å²) in [7, 11) is -3.42. The molecule has 0 aromatic rings. The van der Waals surface area contributed by atoms with E-state index >= 15 is 0 Å². The predicted octanol–water partition coefficient (Wildman–Crippen LogP) is 1.35. The Labute approximate surface area is 98.0 Å². The fraction of sp³-hybridized carbons (Fsp3) is 0.750. The number of alkyl halides is 3. The van der Waals surface area contributed by atoms with Crippen molar-refractivity contribution in [2.24, 2.45) is 0 Å². The number of likely N-dealkylation sites (tertiary alicyclic amines) is 1. The minimum Gasteiger partial charge on any atom is -0.725 e. The molecule has 0 amide bonds. The van der Waals surface area contributed by atoms with E-state index in [0.717, 1.165) is 4.48 Å². The van der Waals surface area contributed by atoms with E-state index in [-0.39, 0.29) is 0 Å². The first-order valence-corrected chi connectivity index (χ1v) is 6.02. The van der Waals surface area contributed by atoms with Crippen LogP contribution in [0.5, 0.6) is 0 Å². The Hall–Kier alpha value is -0.640. The Morgan fingerprint density at radius 3 is 1.88 bits per heavy atom. The number of nitrogens with zero attached hydrogens (tertiary/aromatic N) is 1. The maximum atomic E-state index is 10.8. The smallest absolute Gasteiger partial charge is 0.536 e. The molecule has 1 heterocycles. The summed E-state index contributed by atoms with van der Waals surface area (Å²) in [6.45, 7) is 6.38. The van der Waals surface area contributed by atoms with Gasteiger partial charge in [-0.3, -0.25) is 0 Å². The average molecular weight is 277 g/mol. The molecule has 0 unspecified atom stereocenters. The molecule has 0 bridgehead atoms. The van der Waals surface area contributed by atoms with Gasteiger partial charge in [-0.2, -0.15) is 4.18 Å². The Bertz CT molecular complexity index is 346. The van der Waals surface area contributed by atoms with E-state index in [4.69, 9.17) is 13.0 Å². The van der Waals surface area contributed by atoms with Crippen molar-refractivity contribution >= 4 is 10.4 Å². The third-order valence-corrected chi connectivity index (χ3v) is 2.62. The SMILES string of the molecule is C=C[N+]1(C)CCCC1.O=S(=O)([O-])OC(F)(F)F. The van der Waals surface area contributed by atoms with E-state index in [1.807, 2.05) is 10.4 Å². The highest BCUT2D eigenvalue weighted by molar-refractivity contribution is 7.80. The molecule has 9 heteroatoms. The summed E-state index contributed by atoms with van der Waals surface area (Å²) in [6, 6.07) is 0. The van der Waals surface area contributed by atoms with E-state index in [2.05, 4.69) is 13.6 Å². The van der Waals surface area contributed by atoms with Crippen molar-refractivity contribution in [2.45, 2.75) is 19.2 Å². The van der Waals surface area contributed by atoms with E-state index in [0.29, 0.717) is 0 Å². The second kappa shape index (κ2) is 5.80. The van der Waals surface area contributed by atoms with Crippen molar-refractivity contribution in [1.29, 1.82) is 0 Å². The molecule has 1 aliphatic rings. The van der Waals surface area contributed by atoms with Crippen LogP contribution in [0.3, 0.4) is 0 Å².